The van der Waals surface area contributed by atoms with Crippen LogP contribution >= 0.6 is 11.3 Å². The van der Waals surface area contributed by atoms with Gasteiger partial charge in [-0.15, -0.1) is 20.3 Å². The number of anilines is 1. The van der Waals surface area contributed by atoms with Gasteiger partial charge in [0.25, 0.3) is 17.9 Å². The summed E-state index contributed by atoms with van der Waals surface area (Å²) < 4.78 is 76.8. The molecule has 20 nitrogen and oxygen atoms in total. The lowest BCUT2D eigenvalue weighted by molar-refractivity contribution is -0.731. The van der Waals surface area contributed by atoms with Gasteiger partial charge in [-0.05, 0) is 26.0 Å². The van der Waals surface area contributed by atoms with E-state index in [1.165, 1.54) is 19.2 Å². The van der Waals surface area contributed by atoms with Gasteiger partial charge >= 0.3 is 22.5 Å². The van der Waals surface area contributed by atoms with Gasteiger partial charge in [0.15, 0.2) is 17.9 Å². The number of halogens is 3. The molecule has 3 aromatic rings. The number of oxime groups is 1. The number of thiazole rings is 1. The van der Waals surface area contributed by atoms with E-state index in [1.54, 1.807) is 12.1 Å². The summed E-state index contributed by atoms with van der Waals surface area (Å²) in [7, 11) is -3.05. The summed E-state index contributed by atoms with van der Waals surface area (Å²) >= 11 is 0.968. The van der Waals surface area contributed by atoms with E-state index in [2.05, 4.69) is 29.7 Å². The number of aliphatic carboxylic acids is 2. The molecule has 1 aromatic carbocycles. The van der Waals surface area contributed by atoms with Crippen LogP contribution in [0.1, 0.15) is 19.5 Å². The molecule has 2 amide bonds. The van der Waals surface area contributed by atoms with E-state index in [4.69, 9.17) is 29.8 Å². The van der Waals surface area contributed by atoms with Crippen LogP contribution in [-0.4, -0.2) is 106 Å². The SMILES string of the molecule is C[n+]1c2ccc(OC[C@@H](O/N=C(\C(=O)N[C@@H]3C(=O)N(OS(=O)(=O)O)C3(C)C)c3csc(N)n3)C(=O)O)cc2cn1CC1CNC1.O=C([O-])C(F)(F)F. The third-order valence-electron chi connectivity index (χ3n) is 7.61. The summed E-state index contributed by atoms with van der Waals surface area (Å²) in [6, 6.07) is 4.01. The molecular formula is C27H31F3N8O12S2. The Bertz CT molecular complexity index is 2000. The number of carboxylic acids is 2. The summed E-state index contributed by atoms with van der Waals surface area (Å²) in [6.07, 6.45) is -4.87. The van der Waals surface area contributed by atoms with Crippen molar-refractivity contribution in [1.82, 2.24) is 25.4 Å². The average molecular weight is 781 g/mol. The number of nitrogens with zero attached hydrogens (tertiary/aromatic N) is 5. The van der Waals surface area contributed by atoms with Crippen molar-refractivity contribution in [3.8, 4) is 5.75 Å². The van der Waals surface area contributed by atoms with Crippen molar-refractivity contribution in [3.63, 3.8) is 0 Å². The number of β-lactam (4-membered cyclic amide) rings is 1. The van der Waals surface area contributed by atoms with Gasteiger partial charge in [0.05, 0.1) is 23.7 Å². The molecule has 0 unspecified atom stereocenters. The van der Waals surface area contributed by atoms with E-state index in [1.807, 2.05) is 24.0 Å². The molecule has 25 heteroatoms. The molecule has 0 bridgehead atoms. The molecule has 2 aromatic heterocycles. The summed E-state index contributed by atoms with van der Waals surface area (Å²) in [6.45, 7) is 5.04. The zero-order chi connectivity index (χ0) is 38.8. The molecule has 4 heterocycles. The minimum Gasteiger partial charge on any atom is -0.542 e. The molecule has 2 saturated heterocycles. The summed E-state index contributed by atoms with van der Waals surface area (Å²) in [5, 5.41) is 30.6. The molecule has 2 fully saturated rings. The van der Waals surface area contributed by atoms with E-state index in [0.717, 1.165) is 41.9 Å². The third-order valence-corrected chi connectivity index (χ3v) is 8.62. The summed E-state index contributed by atoms with van der Waals surface area (Å²) in [5.41, 5.74) is 4.66. The Kier molecular flexibility index (Phi) is 11.6. The van der Waals surface area contributed by atoms with Crippen molar-refractivity contribution in [2.24, 2.45) is 18.1 Å². The van der Waals surface area contributed by atoms with Gasteiger partial charge in [-0.1, -0.05) is 5.16 Å². The number of benzene rings is 1. The molecule has 2 atom stereocenters. The van der Waals surface area contributed by atoms with E-state index in [-0.39, 0.29) is 10.8 Å². The lowest BCUT2D eigenvalue weighted by Crippen LogP contribution is -2.76. The van der Waals surface area contributed by atoms with E-state index in [9.17, 15) is 41.1 Å². The Balaban J connectivity index is 0.000000785. The van der Waals surface area contributed by atoms with Crippen molar-refractivity contribution in [3.05, 3.63) is 35.5 Å². The number of amides is 2. The number of fused-ring (bicyclic) bond motifs is 1. The normalized spacial score (nSPS) is 18.1. The minimum absolute atomic E-state index is 0.0679. The number of nitrogens with two attached hydrogens (primary N) is 1. The van der Waals surface area contributed by atoms with E-state index >= 15 is 0 Å². The maximum Gasteiger partial charge on any atom is 0.430 e. The van der Waals surface area contributed by atoms with Crippen LogP contribution in [0.2, 0.25) is 0 Å². The number of aryl methyl sites for hydroxylation is 1. The fourth-order valence-electron chi connectivity index (χ4n) is 4.78. The fourth-order valence-corrected chi connectivity index (χ4v) is 5.78. The van der Waals surface area contributed by atoms with Crippen LogP contribution in [0.15, 0.2) is 34.9 Å². The van der Waals surface area contributed by atoms with Crippen LogP contribution in [0.3, 0.4) is 0 Å². The van der Waals surface area contributed by atoms with Crippen LogP contribution in [0.5, 0.6) is 5.75 Å². The highest BCUT2D eigenvalue weighted by Crippen LogP contribution is 2.33. The van der Waals surface area contributed by atoms with Crippen LogP contribution in [0.4, 0.5) is 18.3 Å². The molecular weight excluding hydrogens is 749 g/mol. The number of carbonyl (C=O) groups is 4. The number of carbonyl (C=O) groups excluding carboxylic acids is 3. The number of nitrogen functional groups attached to an aromatic ring is 1. The predicted molar refractivity (Wildman–Crippen MR) is 167 cm³/mol. The second kappa shape index (κ2) is 15.2. The number of hydrogen-bond acceptors (Lipinski definition) is 15. The number of aromatic nitrogens is 3. The maximum absolute atomic E-state index is 13.2. The monoisotopic (exact) mass is 780 g/mol. The number of ether oxygens (including phenoxy) is 1. The highest BCUT2D eigenvalue weighted by molar-refractivity contribution is 7.80. The van der Waals surface area contributed by atoms with Crippen LogP contribution < -0.4 is 30.9 Å². The second-order valence-electron chi connectivity index (χ2n) is 11.8. The predicted octanol–water partition coefficient (Wildman–Crippen LogP) is -1.88. The molecule has 0 saturated carbocycles. The molecule has 6 N–H and O–H groups in total. The Hall–Kier alpha value is -5.11. The quantitative estimate of drug-likeness (QED) is 0.0417. The van der Waals surface area contributed by atoms with Gasteiger partial charge in [-0.2, -0.15) is 31.3 Å². The molecule has 2 aliphatic rings. The summed E-state index contributed by atoms with van der Waals surface area (Å²) in [4.78, 5) is 55.7. The summed E-state index contributed by atoms with van der Waals surface area (Å²) in [5.74, 6) is -5.50. The highest BCUT2D eigenvalue weighted by Gasteiger charge is 2.58. The first-order valence-electron chi connectivity index (χ1n) is 14.7. The van der Waals surface area contributed by atoms with Crippen molar-refractivity contribution in [1.29, 1.82) is 0 Å². The molecule has 0 aliphatic carbocycles. The average Bonchev–Trinajstić information content (AvgIpc) is 3.58. The zero-order valence-corrected chi connectivity index (χ0v) is 28.8. The minimum atomic E-state index is -5.19. The Morgan fingerprint density at radius 2 is 1.96 bits per heavy atom. The first-order valence-corrected chi connectivity index (χ1v) is 16.9. The molecule has 0 radical (unpaired) electrons. The molecule has 0 spiro atoms. The lowest BCUT2D eigenvalue weighted by Gasteiger charge is -2.50. The Labute approximate surface area is 295 Å². The van der Waals surface area contributed by atoms with Gasteiger partial charge in [0.2, 0.25) is 5.52 Å². The fraction of sp³-hybridized carbons (Fsp3) is 0.444. The van der Waals surface area contributed by atoms with Crippen molar-refractivity contribution < 1.29 is 74.1 Å². The Morgan fingerprint density at radius 3 is 2.46 bits per heavy atom. The molecule has 284 valence electrons. The second-order valence-corrected chi connectivity index (χ2v) is 13.6. The number of carboxylic acid groups (broad SMARTS) is 2. The lowest BCUT2D eigenvalue weighted by atomic mass is 9.84. The first-order chi connectivity index (χ1) is 24.1. The first kappa shape index (κ1) is 39.7. The zero-order valence-electron chi connectivity index (χ0n) is 27.2. The van der Waals surface area contributed by atoms with Gasteiger partial charge in [0, 0.05) is 30.5 Å². The number of hydrogen-bond donors (Lipinski definition) is 5. The Morgan fingerprint density at radius 1 is 1.31 bits per heavy atom. The highest BCUT2D eigenvalue weighted by atomic mass is 32.3. The standard InChI is InChI=1S/C25H30N8O10S2.C2HF3O2/c1-25(2)20(22(35)33(25)43-45(38,39)40)29-21(34)19(16-12-44-24(26)28-16)30-42-18(23(36)37)11-41-15-4-5-17-14(6-15)10-32(31(17)3)9-13-7-27-8-13;3-2(4,5)1(6)7/h4-6,10,12-13,18,20,27H,7-9,11H2,1-3H3,(H4-,26,28,29,34,36,37,38,39,40);(H,6,7)/b30-19-;/t18-,20-;/m1./s1. The third kappa shape index (κ3) is 9.40. The van der Waals surface area contributed by atoms with Crippen LogP contribution in [-0.2, 0) is 52.3 Å². The van der Waals surface area contributed by atoms with Gasteiger partial charge in [-0.3, -0.25) is 14.1 Å². The van der Waals surface area contributed by atoms with Crippen molar-refractivity contribution in [2.45, 2.75) is 44.3 Å². The van der Waals surface area contributed by atoms with Crippen molar-refractivity contribution >= 4 is 67.2 Å². The van der Waals surface area contributed by atoms with Crippen LogP contribution in [0, 0.1) is 5.92 Å². The smallest absolute Gasteiger partial charge is 0.430 e. The number of alkyl halides is 3. The maximum atomic E-state index is 13.2. The number of nitrogens with one attached hydrogen (secondary N) is 2. The molecule has 52 heavy (non-hydrogen) atoms. The topological polar surface area (TPSA) is 281 Å². The van der Waals surface area contributed by atoms with E-state index < -0.39 is 70.3 Å². The molecule has 2 aliphatic heterocycles. The largest absolute Gasteiger partial charge is 0.542 e. The van der Waals surface area contributed by atoms with E-state index in [0.29, 0.717) is 16.7 Å². The van der Waals surface area contributed by atoms with Crippen LogP contribution in [0.25, 0.3) is 10.9 Å². The van der Waals surface area contributed by atoms with Crippen molar-refractivity contribution in [2.75, 3.05) is 25.4 Å². The molecule has 5 rings (SSSR count). The number of hydroxylamine groups is 2. The van der Waals surface area contributed by atoms with Gasteiger partial charge in [0.1, 0.15) is 30.1 Å². The van der Waals surface area contributed by atoms with Gasteiger partial charge < -0.3 is 40.9 Å². The van der Waals surface area contributed by atoms with Gasteiger partial charge in [-0.25, -0.2) is 9.78 Å². The number of rotatable bonds is 13.